The van der Waals surface area contributed by atoms with Gasteiger partial charge in [-0.15, -0.1) is 16.8 Å². The van der Waals surface area contributed by atoms with E-state index in [-0.39, 0.29) is 16.2 Å². The van der Waals surface area contributed by atoms with Crippen molar-refractivity contribution in [2.24, 2.45) is 0 Å². The van der Waals surface area contributed by atoms with Crippen molar-refractivity contribution in [3.05, 3.63) is 56.6 Å². The lowest BCUT2D eigenvalue weighted by Gasteiger charge is -2.07. The quantitative estimate of drug-likeness (QED) is 0.500. The maximum absolute atomic E-state index is 12.5. The standard InChI is InChI=1S/C17H17N5O2S2/c1-3-5-13-20-21-16(26-13)19-14(23)10-6-7-11-12(9-10)18-17(25)22(8-4-2)15(11)24/h4,6-7,9H,2-3,5,8H2,1H3,(H,18,25)(H,19,21,23). The third kappa shape index (κ3) is 3.63. The van der Waals surface area contributed by atoms with Crippen LogP contribution in [0.5, 0.6) is 0 Å². The van der Waals surface area contributed by atoms with Gasteiger partial charge in [0, 0.05) is 18.5 Å². The van der Waals surface area contributed by atoms with E-state index in [1.807, 2.05) is 0 Å². The lowest BCUT2D eigenvalue weighted by Crippen LogP contribution is -2.22. The van der Waals surface area contributed by atoms with Crippen LogP contribution in [0.25, 0.3) is 10.9 Å². The van der Waals surface area contributed by atoms with Crippen molar-refractivity contribution in [2.75, 3.05) is 5.32 Å². The fourth-order valence-corrected chi connectivity index (χ4v) is 3.58. The van der Waals surface area contributed by atoms with Crippen molar-refractivity contribution in [1.29, 1.82) is 0 Å². The van der Waals surface area contributed by atoms with Gasteiger partial charge in [0.1, 0.15) is 5.01 Å². The second-order valence-electron chi connectivity index (χ2n) is 5.60. The fraction of sp³-hybridized carbons (Fsp3) is 0.235. The van der Waals surface area contributed by atoms with Gasteiger partial charge in [-0.1, -0.05) is 24.3 Å². The first kappa shape index (κ1) is 18.2. The number of allylic oxidation sites excluding steroid dienone is 1. The topological polar surface area (TPSA) is 92.7 Å². The lowest BCUT2D eigenvalue weighted by molar-refractivity contribution is 0.102. The molecule has 0 aliphatic rings. The molecule has 2 N–H and O–H groups in total. The number of hydrogen-bond donors (Lipinski definition) is 2. The van der Waals surface area contributed by atoms with Crippen LogP contribution in [-0.2, 0) is 13.0 Å². The van der Waals surface area contributed by atoms with Gasteiger partial charge in [-0.3, -0.25) is 19.5 Å². The van der Waals surface area contributed by atoms with Crippen molar-refractivity contribution in [3.8, 4) is 0 Å². The summed E-state index contributed by atoms with van der Waals surface area (Å²) >= 11 is 6.57. The number of aryl methyl sites for hydroxylation is 1. The van der Waals surface area contributed by atoms with E-state index in [0.717, 1.165) is 17.8 Å². The minimum atomic E-state index is -0.319. The minimum absolute atomic E-state index is 0.219. The Bertz CT molecular complexity index is 1100. The molecule has 0 fully saturated rings. The van der Waals surface area contributed by atoms with E-state index < -0.39 is 0 Å². The highest BCUT2D eigenvalue weighted by Gasteiger charge is 2.12. The molecule has 1 aromatic carbocycles. The molecule has 0 saturated carbocycles. The Hall–Kier alpha value is -2.65. The van der Waals surface area contributed by atoms with Crippen LogP contribution >= 0.6 is 23.6 Å². The third-order valence-corrected chi connectivity index (χ3v) is 4.93. The summed E-state index contributed by atoms with van der Waals surface area (Å²) in [6.45, 7) is 6.01. The maximum atomic E-state index is 12.5. The van der Waals surface area contributed by atoms with Gasteiger partial charge in [0.25, 0.3) is 11.5 Å². The fourth-order valence-electron chi connectivity index (χ4n) is 2.48. The number of anilines is 1. The second-order valence-corrected chi connectivity index (χ2v) is 7.05. The normalized spacial score (nSPS) is 10.8. The number of rotatable bonds is 6. The smallest absolute Gasteiger partial charge is 0.262 e. The predicted molar refractivity (Wildman–Crippen MR) is 105 cm³/mol. The van der Waals surface area contributed by atoms with Gasteiger partial charge in [-0.25, -0.2) is 0 Å². The molecule has 3 aromatic rings. The highest BCUT2D eigenvalue weighted by Crippen LogP contribution is 2.18. The Kier molecular flexibility index (Phi) is 5.38. The molecule has 3 rings (SSSR count). The van der Waals surface area contributed by atoms with E-state index in [9.17, 15) is 9.59 Å². The number of hydrogen-bond acceptors (Lipinski definition) is 6. The number of H-pyrrole nitrogens is 1. The number of nitrogens with one attached hydrogen (secondary N) is 2. The number of carbonyl (C=O) groups is 1. The first-order valence-corrected chi connectivity index (χ1v) is 9.27. The first-order chi connectivity index (χ1) is 12.5. The number of aromatic nitrogens is 4. The van der Waals surface area contributed by atoms with Crippen molar-refractivity contribution < 1.29 is 4.79 Å². The SMILES string of the molecule is C=CCn1c(=S)[nH]c2cc(C(=O)Nc3nnc(CCC)s3)ccc2c1=O. The van der Waals surface area contributed by atoms with Gasteiger partial charge in [-0.05, 0) is 36.8 Å². The molecule has 1 amide bonds. The van der Waals surface area contributed by atoms with Crippen molar-refractivity contribution >= 4 is 45.5 Å². The van der Waals surface area contributed by atoms with Gasteiger partial charge in [0.2, 0.25) is 5.13 Å². The average molecular weight is 387 g/mol. The summed E-state index contributed by atoms with van der Waals surface area (Å²) in [4.78, 5) is 27.9. The summed E-state index contributed by atoms with van der Waals surface area (Å²) in [6, 6.07) is 4.82. The molecular weight excluding hydrogens is 370 g/mol. The zero-order valence-electron chi connectivity index (χ0n) is 14.1. The monoisotopic (exact) mass is 387 g/mol. The van der Waals surface area contributed by atoms with Crippen LogP contribution in [-0.4, -0.2) is 25.7 Å². The Morgan fingerprint density at radius 2 is 2.27 bits per heavy atom. The van der Waals surface area contributed by atoms with Gasteiger partial charge in [-0.2, -0.15) is 0 Å². The van der Waals surface area contributed by atoms with E-state index in [4.69, 9.17) is 12.2 Å². The molecule has 2 heterocycles. The van der Waals surface area contributed by atoms with Gasteiger partial charge in [0.15, 0.2) is 4.77 Å². The summed E-state index contributed by atoms with van der Waals surface area (Å²) in [5, 5.41) is 12.5. The van der Waals surface area contributed by atoms with Crippen LogP contribution < -0.4 is 10.9 Å². The van der Waals surface area contributed by atoms with E-state index in [2.05, 4.69) is 34.0 Å². The number of nitrogens with zero attached hydrogens (tertiary/aromatic N) is 3. The van der Waals surface area contributed by atoms with Crippen LogP contribution in [0, 0.1) is 4.77 Å². The molecule has 0 atom stereocenters. The summed E-state index contributed by atoms with van der Waals surface area (Å²) < 4.78 is 1.70. The van der Waals surface area contributed by atoms with Crippen molar-refractivity contribution in [1.82, 2.24) is 19.7 Å². The number of aromatic amines is 1. The number of fused-ring (bicyclic) bond motifs is 1. The van der Waals surface area contributed by atoms with E-state index >= 15 is 0 Å². The van der Waals surface area contributed by atoms with Gasteiger partial charge in [0.05, 0.1) is 10.9 Å². The highest BCUT2D eigenvalue weighted by molar-refractivity contribution is 7.71. The minimum Gasteiger partial charge on any atom is -0.332 e. The van der Waals surface area contributed by atoms with E-state index in [1.54, 1.807) is 24.3 Å². The van der Waals surface area contributed by atoms with Gasteiger partial charge >= 0.3 is 0 Å². The summed E-state index contributed by atoms with van der Waals surface area (Å²) in [5.74, 6) is -0.319. The first-order valence-electron chi connectivity index (χ1n) is 8.05. The molecule has 134 valence electrons. The zero-order chi connectivity index (χ0) is 18.7. The van der Waals surface area contributed by atoms with Crippen LogP contribution in [0.1, 0.15) is 28.7 Å². The Morgan fingerprint density at radius 1 is 1.46 bits per heavy atom. The van der Waals surface area contributed by atoms with Crippen LogP contribution in [0.4, 0.5) is 5.13 Å². The molecule has 0 aliphatic heterocycles. The highest BCUT2D eigenvalue weighted by atomic mass is 32.1. The zero-order valence-corrected chi connectivity index (χ0v) is 15.7. The molecule has 0 aliphatic carbocycles. The Balaban J connectivity index is 1.91. The molecule has 0 spiro atoms. The van der Waals surface area contributed by atoms with Crippen LogP contribution in [0.15, 0.2) is 35.6 Å². The molecule has 2 aromatic heterocycles. The van der Waals surface area contributed by atoms with E-state index in [1.165, 1.54) is 15.9 Å². The largest absolute Gasteiger partial charge is 0.332 e. The predicted octanol–water partition coefficient (Wildman–Crippen LogP) is 3.30. The molecule has 26 heavy (non-hydrogen) atoms. The third-order valence-electron chi connectivity index (χ3n) is 3.71. The number of carbonyl (C=O) groups excluding carboxylic acids is 1. The summed E-state index contributed by atoms with van der Waals surface area (Å²) in [6.07, 6.45) is 3.40. The second kappa shape index (κ2) is 7.71. The van der Waals surface area contributed by atoms with Crippen LogP contribution in [0.2, 0.25) is 0 Å². The number of benzene rings is 1. The lowest BCUT2D eigenvalue weighted by atomic mass is 10.1. The van der Waals surface area contributed by atoms with Crippen LogP contribution in [0.3, 0.4) is 0 Å². The Labute approximate surface area is 158 Å². The molecule has 0 unspecified atom stereocenters. The molecule has 0 bridgehead atoms. The van der Waals surface area contributed by atoms with Crippen molar-refractivity contribution in [2.45, 2.75) is 26.3 Å². The van der Waals surface area contributed by atoms with Crippen molar-refractivity contribution in [3.63, 3.8) is 0 Å². The molecule has 7 nitrogen and oxygen atoms in total. The summed E-state index contributed by atoms with van der Waals surface area (Å²) in [5.41, 5.74) is 0.692. The molecular formula is C17H17N5O2S2. The van der Waals surface area contributed by atoms with Gasteiger partial charge < -0.3 is 4.98 Å². The Morgan fingerprint density at radius 3 is 3.00 bits per heavy atom. The number of amides is 1. The molecule has 0 saturated heterocycles. The molecule has 0 radical (unpaired) electrons. The maximum Gasteiger partial charge on any atom is 0.262 e. The van der Waals surface area contributed by atoms with E-state index in [0.29, 0.717) is 28.1 Å². The summed E-state index contributed by atoms with van der Waals surface area (Å²) in [7, 11) is 0. The average Bonchev–Trinajstić information content (AvgIpc) is 3.05. The molecule has 9 heteroatoms.